The molecule has 2 aromatic carbocycles. The van der Waals surface area contributed by atoms with E-state index in [0.717, 1.165) is 23.6 Å². The largest absolute Gasteiger partial charge is 0.507 e. The van der Waals surface area contributed by atoms with Crippen molar-refractivity contribution in [1.29, 1.82) is 0 Å². The van der Waals surface area contributed by atoms with Gasteiger partial charge in [0.2, 0.25) is 0 Å². The fourth-order valence-corrected chi connectivity index (χ4v) is 4.50. The third kappa shape index (κ3) is 3.97. The average Bonchev–Trinajstić information content (AvgIpc) is 2.70. The molecule has 0 unspecified atom stereocenters. The van der Waals surface area contributed by atoms with Crippen molar-refractivity contribution < 1.29 is 5.11 Å². The van der Waals surface area contributed by atoms with Gasteiger partial charge in [0.05, 0.1) is 5.39 Å². The summed E-state index contributed by atoms with van der Waals surface area (Å²) < 4.78 is 0. The van der Waals surface area contributed by atoms with Crippen LogP contribution in [0.4, 0.5) is 0 Å². The fraction of sp³-hybridized carbons (Fsp3) is 0.375. The van der Waals surface area contributed by atoms with Crippen LogP contribution in [-0.2, 0) is 6.54 Å². The summed E-state index contributed by atoms with van der Waals surface area (Å²) in [5.74, 6) is 0.975. The van der Waals surface area contributed by atoms with Gasteiger partial charge in [-0.2, -0.15) is 0 Å². The molecule has 28 heavy (non-hydrogen) atoms. The van der Waals surface area contributed by atoms with E-state index in [1.54, 1.807) is 24.4 Å². The number of phenols is 1. The molecule has 0 spiro atoms. The van der Waals surface area contributed by atoms with Crippen LogP contribution in [0.15, 0.2) is 53.5 Å². The smallest absolute Gasteiger partial charge is 0.255 e. The highest BCUT2D eigenvalue weighted by Gasteiger charge is 2.16. The molecule has 3 aromatic rings. The summed E-state index contributed by atoms with van der Waals surface area (Å²) in [5.41, 5.74) is 2.92. The number of aromatic hydroxyl groups is 1. The van der Waals surface area contributed by atoms with E-state index in [9.17, 15) is 9.90 Å². The Morgan fingerprint density at radius 3 is 2.57 bits per heavy atom. The lowest BCUT2D eigenvalue weighted by molar-refractivity contribution is 0.228. The van der Waals surface area contributed by atoms with E-state index in [2.05, 4.69) is 41.2 Å². The molecule has 1 fully saturated rings. The first-order chi connectivity index (χ1) is 13.6. The molecule has 1 heterocycles. The van der Waals surface area contributed by atoms with E-state index in [4.69, 9.17) is 0 Å². The monoisotopic (exact) mass is 376 g/mol. The maximum Gasteiger partial charge on any atom is 0.255 e. The second kappa shape index (κ2) is 8.19. The molecule has 1 aromatic heterocycles. The minimum atomic E-state index is -0.185. The number of nitrogens with one attached hydrogen (secondary N) is 1. The van der Waals surface area contributed by atoms with Crippen LogP contribution < -0.4 is 5.56 Å². The van der Waals surface area contributed by atoms with Gasteiger partial charge in [-0.3, -0.25) is 4.79 Å². The lowest BCUT2D eigenvalue weighted by Crippen LogP contribution is -2.26. The normalized spacial score (nSPS) is 15.4. The van der Waals surface area contributed by atoms with E-state index < -0.39 is 0 Å². The maximum atomic E-state index is 12.1. The van der Waals surface area contributed by atoms with Crippen molar-refractivity contribution in [1.82, 2.24) is 9.88 Å². The molecule has 1 aliphatic carbocycles. The molecule has 2 N–H and O–H groups in total. The van der Waals surface area contributed by atoms with E-state index in [1.807, 2.05) is 0 Å². The van der Waals surface area contributed by atoms with Gasteiger partial charge in [0, 0.05) is 30.2 Å². The minimum absolute atomic E-state index is 0.134. The highest BCUT2D eigenvalue weighted by Crippen LogP contribution is 2.32. The van der Waals surface area contributed by atoms with Crippen LogP contribution in [0, 0.1) is 5.92 Å². The number of aromatic nitrogens is 1. The molecule has 0 bridgehead atoms. The third-order valence-corrected chi connectivity index (χ3v) is 5.92. The standard InChI is InChI=1S/C24H28N2O2/c1-26(15-17-6-3-2-4-7-17)16-18-10-12-19(13-11-18)21-14-25-24(28)20-8-5-9-22(27)23(20)21/h5,8-14,17,27H,2-4,6-7,15-16H2,1H3,(H,25,28). The maximum absolute atomic E-state index is 12.1. The van der Waals surface area contributed by atoms with Gasteiger partial charge in [-0.05, 0) is 49.1 Å². The number of nitrogens with zero attached hydrogens (tertiary/aromatic N) is 1. The first-order valence-electron chi connectivity index (χ1n) is 10.2. The molecular weight excluding hydrogens is 348 g/mol. The van der Waals surface area contributed by atoms with Gasteiger partial charge < -0.3 is 15.0 Å². The average molecular weight is 377 g/mol. The number of aromatic amines is 1. The van der Waals surface area contributed by atoms with E-state index in [0.29, 0.717) is 10.8 Å². The number of phenolic OH excluding ortho intramolecular Hbond substituents is 1. The van der Waals surface area contributed by atoms with Crippen LogP contribution in [0.2, 0.25) is 0 Å². The van der Waals surface area contributed by atoms with Gasteiger partial charge in [0.15, 0.2) is 0 Å². The molecule has 4 heteroatoms. The summed E-state index contributed by atoms with van der Waals surface area (Å²) in [6.07, 6.45) is 8.59. The number of fused-ring (bicyclic) bond motifs is 1. The molecule has 0 amide bonds. The first-order valence-corrected chi connectivity index (χ1v) is 10.2. The molecule has 0 radical (unpaired) electrons. The molecule has 146 valence electrons. The number of pyridine rings is 1. The summed E-state index contributed by atoms with van der Waals surface area (Å²) >= 11 is 0. The highest BCUT2D eigenvalue weighted by molar-refractivity contribution is 5.99. The van der Waals surface area contributed by atoms with Gasteiger partial charge in [-0.15, -0.1) is 0 Å². The van der Waals surface area contributed by atoms with Gasteiger partial charge in [-0.25, -0.2) is 0 Å². The SMILES string of the molecule is CN(Cc1ccc(-c2c[nH]c(=O)c3cccc(O)c23)cc1)CC1CCCCC1. The van der Waals surface area contributed by atoms with E-state index >= 15 is 0 Å². The fourth-order valence-electron chi connectivity index (χ4n) is 4.50. The van der Waals surface area contributed by atoms with Crippen molar-refractivity contribution in [3.63, 3.8) is 0 Å². The quantitative estimate of drug-likeness (QED) is 0.665. The molecule has 4 nitrogen and oxygen atoms in total. The Bertz CT molecular complexity index is 1000. The van der Waals surface area contributed by atoms with Crippen LogP contribution in [0.3, 0.4) is 0 Å². The second-order valence-electron chi connectivity index (χ2n) is 8.13. The molecular formula is C24H28N2O2. The number of H-pyrrole nitrogens is 1. The van der Waals surface area contributed by atoms with Crippen molar-refractivity contribution in [2.24, 2.45) is 5.92 Å². The molecule has 1 aliphatic rings. The number of hydrogen-bond acceptors (Lipinski definition) is 3. The van der Waals surface area contributed by atoms with Crippen LogP contribution in [0.5, 0.6) is 5.75 Å². The number of rotatable bonds is 5. The first kappa shape index (κ1) is 18.8. The van der Waals surface area contributed by atoms with Gasteiger partial charge in [-0.1, -0.05) is 49.6 Å². The Balaban J connectivity index is 1.53. The Labute approximate surface area is 165 Å². The van der Waals surface area contributed by atoms with Crippen molar-refractivity contribution in [2.45, 2.75) is 38.6 Å². The molecule has 1 saturated carbocycles. The summed E-state index contributed by atoms with van der Waals surface area (Å²) in [5, 5.41) is 11.4. The Morgan fingerprint density at radius 1 is 1.07 bits per heavy atom. The number of benzene rings is 2. The summed E-state index contributed by atoms with van der Waals surface area (Å²) in [7, 11) is 2.20. The Morgan fingerprint density at radius 2 is 1.82 bits per heavy atom. The molecule has 0 aliphatic heterocycles. The minimum Gasteiger partial charge on any atom is -0.507 e. The van der Waals surface area contributed by atoms with Gasteiger partial charge in [0.25, 0.3) is 5.56 Å². The third-order valence-electron chi connectivity index (χ3n) is 5.92. The highest BCUT2D eigenvalue weighted by atomic mass is 16.3. The zero-order valence-corrected chi connectivity index (χ0v) is 16.4. The zero-order valence-electron chi connectivity index (χ0n) is 16.4. The van der Waals surface area contributed by atoms with Crippen molar-refractivity contribution >= 4 is 10.8 Å². The topological polar surface area (TPSA) is 56.3 Å². The van der Waals surface area contributed by atoms with Crippen molar-refractivity contribution in [3.05, 3.63) is 64.6 Å². The second-order valence-corrected chi connectivity index (χ2v) is 8.13. The van der Waals surface area contributed by atoms with Crippen LogP contribution in [-0.4, -0.2) is 28.6 Å². The molecule has 0 atom stereocenters. The van der Waals surface area contributed by atoms with Crippen LogP contribution in [0.25, 0.3) is 21.9 Å². The van der Waals surface area contributed by atoms with Crippen molar-refractivity contribution in [3.8, 4) is 16.9 Å². The Hall–Kier alpha value is -2.59. The van der Waals surface area contributed by atoms with Gasteiger partial charge >= 0.3 is 0 Å². The van der Waals surface area contributed by atoms with E-state index in [-0.39, 0.29) is 11.3 Å². The predicted octanol–water partition coefficient (Wildman–Crippen LogP) is 4.91. The molecule has 4 rings (SSSR count). The predicted molar refractivity (Wildman–Crippen MR) is 115 cm³/mol. The lowest BCUT2D eigenvalue weighted by Gasteiger charge is -2.27. The number of hydrogen-bond donors (Lipinski definition) is 2. The Kier molecular flexibility index (Phi) is 5.49. The lowest BCUT2D eigenvalue weighted by atomic mass is 9.89. The molecule has 0 saturated heterocycles. The van der Waals surface area contributed by atoms with Crippen LogP contribution >= 0.6 is 0 Å². The van der Waals surface area contributed by atoms with Gasteiger partial charge in [0.1, 0.15) is 5.75 Å². The summed E-state index contributed by atoms with van der Waals surface area (Å²) in [6, 6.07) is 13.5. The summed E-state index contributed by atoms with van der Waals surface area (Å²) in [4.78, 5) is 17.3. The van der Waals surface area contributed by atoms with Crippen molar-refractivity contribution in [2.75, 3.05) is 13.6 Å². The van der Waals surface area contributed by atoms with E-state index in [1.165, 1.54) is 44.2 Å². The van der Waals surface area contributed by atoms with Crippen LogP contribution in [0.1, 0.15) is 37.7 Å². The summed E-state index contributed by atoms with van der Waals surface area (Å²) in [6.45, 7) is 2.11. The zero-order chi connectivity index (χ0) is 19.5.